The first kappa shape index (κ1) is 21.5. The van der Waals surface area contributed by atoms with Gasteiger partial charge in [-0.25, -0.2) is 0 Å². The van der Waals surface area contributed by atoms with Crippen LogP contribution < -0.4 is 16.4 Å². The Kier molecular flexibility index (Phi) is 9.53. The molecule has 4 N–H and O–H groups in total. The Bertz CT molecular complexity index is 542. The molecule has 0 radical (unpaired) electrons. The summed E-state index contributed by atoms with van der Waals surface area (Å²) in [6.07, 6.45) is 6.71. The molecule has 2 rings (SSSR count). The van der Waals surface area contributed by atoms with Gasteiger partial charge in [-0.3, -0.25) is 9.59 Å². The molecule has 5 nitrogen and oxygen atoms in total. The van der Waals surface area contributed by atoms with E-state index in [-0.39, 0.29) is 24.2 Å². The highest BCUT2D eigenvalue weighted by Gasteiger charge is 2.17. The Morgan fingerprint density at radius 1 is 1.08 bits per heavy atom. The molecule has 1 aliphatic carbocycles. The van der Waals surface area contributed by atoms with Crippen molar-refractivity contribution >= 4 is 24.2 Å². The van der Waals surface area contributed by atoms with Crippen LogP contribution in [0.4, 0.5) is 0 Å². The van der Waals surface area contributed by atoms with Crippen LogP contribution in [0.1, 0.15) is 55.7 Å². The summed E-state index contributed by atoms with van der Waals surface area (Å²) in [5.41, 5.74) is 7.88. The van der Waals surface area contributed by atoms with Crippen molar-refractivity contribution in [3.8, 4) is 0 Å². The van der Waals surface area contributed by atoms with E-state index in [1.165, 1.54) is 19.3 Å². The average Bonchev–Trinajstić information content (AvgIpc) is 2.59. The van der Waals surface area contributed by atoms with E-state index in [0.29, 0.717) is 25.4 Å². The molecular formula is C19H30ClN3O2. The second-order valence-corrected chi connectivity index (χ2v) is 6.74. The summed E-state index contributed by atoms with van der Waals surface area (Å²) in [6, 6.07) is 6.93. The van der Waals surface area contributed by atoms with Crippen molar-refractivity contribution in [2.75, 3.05) is 13.1 Å². The summed E-state index contributed by atoms with van der Waals surface area (Å²) < 4.78 is 0. The molecule has 1 atom stereocenters. The Balaban J connectivity index is 0.00000312. The summed E-state index contributed by atoms with van der Waals surface area (Å²) >= 11 is 0. The molecule has 1 aliphatic rings. The number of amides is 2. The van der Waals surface area contributed by atoms with Crippen LogP contribution in [-0.2, 0) is 9.59 Å². The van der Waals surface area contributed by atoms with Crippen LogP contribution in [0, 0.1) is 12.8 Å². The van der Waals surface area contributed by atoms with E-state index >= 15 is 0 Å². The molecule has 0 saturated heterocycles. The Labute approximate surface area is 156 Å². The fourth-order valence-electron chi connectivity index (χ4n) is 3.15. The third-order valence-corrected chi connectivity index (χ3v) is 4.66. The lowest BCUT2D eigenvalue weighted by atomic mass is 9.87. The van der Waals surface area contributed by atoms with Gasteiger partial charge in [0.25, 0.3) is 0 Å². The first-order valence-corrected chi connectivity index (χ1v) is 8.93. The van der Waals surface area contributed by atoms with E-state index in [0.717, 1.165) is 24.0 Å². The number of carbonyl (C=O) groups excluding carboxylic acids is 2. The van der Waals surface area contributed by atoms with Gasteiger partial charge in [0.1, 0.15) is 6.04 Å². The summed E-state index contributed by atoms with van der Waals surface area (Å²) in [6.45, 7) is 2.83. The minimum Gasteiger partial charge on any atom is -0.354 e. The maximum atomic E-state index is 12.0. The monoisotopic (exact) mass is 367 g/mol. The first-order chi connectivity index (χ1) is 11.6. The van der Waals surface area contributed by atoms with Gasteiger partial charge in [0.15, 0.2) is 0 Å². The molecule has 1 aromatic carbocycles. The maximum Gasteiger partial charge on any atom is 0.241 e. The quantitative estimate of drug-likeness (QED) is 0.647. The lowest BCUT2D eigenvalue weighted by Gasteiger charge is -2.20. The molecule has 0 aromatic heterocycles. The molecule has 1 fully saturated rings. The van der Waals surface area contributed by atoms with Gasteiger partial charge in [0.2, 0.25) is 11.8 Å². The van der Waals surface area contributed by atoms with Gasteiger partial charge >= 0.3 is 0 Å². The van der Waals surface area contributed by atoms with Gasteiger partial charge < -0.3 is 16.4 Å². The number of aryl methyl sites for hydroxylation is 1. The molecular weight excluding hydrogens is 338 g/mol. The second-order valence-electron chi connectivity index (χ2n) is 6.74. The molecule has 0 aliphatic heterocycles. The van der Waals surface area contributed by atoms with Crippen LogP contribution in [-0.4, -0.2) is 24.9 Å². The molecule has 1 saturated carbocycles. The van der Waals surface area contributed by atoms with Gasteiger partial charge in [-0.15, -0.1) is 12.4 Å². The van der Waals surface area contributed by atoms with Crippen LogP contribution in [0.15, 0.2) is 24.3 Å². The van der Waals surface area contributed by atoms with Crippen LogP contribution in [0.3, 0.4) is 0 Å². The van der Waals surface area contributed by atoms with Gasteiger partial charge in [-0.05, 0) is 31.2 Å². The third kappa shape index (κ3) is 7.45. The van der Waals surface area contributed by atoms with Gasteiger partial charge in [-0.1, -0.05) is 49.1 Å². The van der Waals surface area contributed by atoms with E-state index in [1.54, 1.807) is 0 Å². The van der Waals surface area contributed by atoms with Crippen molar-refractivity contribution in [1.82, 2.24) is 10.6 Å². The molecule has 140 valence electrons. The normalized spacial score (nSPS) is 15.8. The number of hydrogen-bond acceptors (Lipinski definition) is 3. The Hall–Kier alpha value is -1.59. The number of halogens is 1. The van der Waals surface area contributed by atoms with Crippen LogP contribution in [0.5, 0.6) is 0 Å². The van der Waals surface area contributed by atoms with Crippen molar-refractivity contribution in [2.24, 2.45) is 11.7 Å². The lowest BCUT2D eigenvalue weighted by Crippen LogP contribution is -2.39. The zero-order chi connectivity index (χ0) is 17.4. The minimum absolute atomic E-state index is 0. The predicted molar refractivity (Wildman–Crippen MR) is 103 cm³/mol. The number of hydrogen-bond donors (Lipinski definition) is 3. The highest BCUT2D eigenvalue weighted by molar-refractivity contribution is 5.85. The van der Waals surface area contributed by atoms with Gasteiger partial charge in [0.05, 0.1) is 0 Å². The van der Waals surface area contributed by atoms with Crippen molar-refractivity contribution in [2.45, 2.75) is 51.5 Å². The highest BCUT2D eigenvalue weighted by atomic mass is 35.5. The van der Waals surface area contributed by atoms with Crippen molar-refractivity contribution in [3.05, 3.63) is 35.4 Å². The topological polar surface area (TPSA) is 84.2 Å². The fraction of sp³-hybridized carbons (Fsp3) is 0.579. The fourth-order valence-corrected chi connectivity index (χ4v) is 3.15. The lowest BCUT2D eigenvalue weighted by molar-refractivity contribution is -0.124. The predicted octanol–water partition coefficient (Wildman–Crippen LogP) is 2.62. The van der Waals surface area contributed by atoms with Gasteiger partial charge in [-0.2, -0.15) is 0 Å². The zero-order valence-corrected chi connectivity index (χ0v) is 15.7. The average molecular weight is 368 g/mol. The third-order valence-electron chi connectivity index (χ3n) is 4.66. The molecule has 0 spiro atoms. The number of carbonyl (C=O) groups is 2. The summed E-state index contributed by atoms with van der Waals surface area (Å²) in [7, 11) is 0. The highest BCUT2D eigenvalue weighted by Crippen LogP contribution is 2.25. The SMILES string of the molecule is Cc1ccc(C(N)C(=O)NCCNC(=O)CC2CCCCC2)cc1.Cl. The van der Waals surface area contributed by atoms with Crippen molar-refractivity contribution in [1.29, 1.82) is 0 Å². The number of benzene rings is 1. The molecule has 2 amide bonds. The molecule has 25 heavy (non-hydrogen) atoms. The summed E-state index contributed by atoms with van der Waals surface area (Å²) in [5.74, 6) is 0.391. The summed E-state index contributed by atoms with van der Waals surface area (Å²) in [5, 5.41) is 5.65. The second kappa shape index (κ2) is 11.1. The number of nitrogens with one attached hydrogen (secondary N) is 2. The summed E-state index contributed by atoms with van der Waals surface area (Å²) in [4.78, 5) is 23.9. The first-order valence-electron chi connectivity index (χ1n) is 8.93. The molecule has 0 heterocycles. The van der Waals surface area contributed by atoms with E-state index in [2.05, 4.69) is 10.6 Å². The maximum absolute atomic E-state index is 12.0. The molecule has 0 bridgehead atoms. The van der Waals surface area contributed by atoms with Crippen LogP contribution >= 0.6 is 12.4 Å². The van der Waals surface area contributed by atoms with E-state index in [1.807, 2.05) is 31.2 Å². The van der Waals surface area contributed by atoms with Gasteiger partial charge in [0, 0.05) is 19.5 Å². The Morgan fingerprint density at radius 3 is 2.32 bits per heavy atom. The molecule has 1 unspecified atom stereocenters. The molecule has 1 aromatic rings. The van der Waals surface area contributed by atoms with E-state index in [4.69, 9.17) is 5.73 Å². The largest absolute Gasteiger partial charge is 0.354 e. The minimum atomic E-state index is -0.677. The van der Waals surface area contributed by atoms with Crippen molar-refractivity contribution in [3.63, 3.8) is 0 Å². The van der Waals surface area contributed by atoms with E-state index in [9.17, 15) is 9.59 Å². The van der Waals surface area contributed by atoms with E-state index < -0.39 is 6.04 Å². The number of nitrogens with two attached hydrogens (primary N) is 1. The van der Waals surface area contributed by atoms with Crippen molar-refractivity contribution < 1.29 is 9.59 Å². The smallest absolute Gasteiger partial charge is 0.241 e. The van der Waals surface area contributed by atoms with Crippen LogP contribution in [0.25, 0.3) is 0 Å². The van der Waals surface area contributed by atoms with Crippen LogP contribution in [0.2, 0.25) is 0 Å². The zero-order valence-electron chi connectivity index (χ0n) is 14.9. The Morgan fingerprint density at radius 2 is 1.68 bits per heavy atom. The number of rotatable bonds is 7. The standard InChI is InChI=1S/C19H29N3O2.ClH/c1-14-7-9-16(10-8-14)18(20)19(24)22-12-11-21-17(23)13-15-5-3-2-4-6-15;/h7-10,15,18H,2-6,11-13,20H2,1H3,(H,21,23)(H,22,24);1H. The molecule has 6 heteroatoms.